The highest BCUT2D eigenvalue weighted by Crippen LogP contribution is 2.50. The van der Waals surface area contributed by atoms with E-state index in [1.807, 2.05) is 12.1 Å². The standard InChI is InChI=1S/C58H34N4/c1-2-13-41-40(12-1)45-17-11-18-46-48(31-30-47(41)56(45)46)58-57(59-50-19-6-7-20-51(50)60-58)35-24-27-38(28-25-35)61-54-23-10-5-16-44(54)49-33-36-26-29-39(32-37(36)34-55(49)61)62-52-21-8-3-14-42(52)43-15-4-9-22-53(43)62/h1-34H. The number of fused-ring (bicyclic) bond motifs is 11. The zero-order valence-electron chi connectivity index (χ0n) is 33.4. The highest BCUT2D eigenvalue weighted by atomic mass is 15.0. The molecule has 0 aliphatic heterocycles. The molecule has 0 amide bonds. The molecule has 0 saturated heterocycles. The second kappa shape index (κ2) is 12.6. The molecule has 1 aliphatic rings. The van der Waals surface area contributed by atoms with Crippen molar-refractivity contribution in [2.75, 3.05) is 0 Å². The van der Waals surface area contributed by atoms with E-state index >= 15 is 0 Å². The second-order valence-electron chi connectivity index (χ2n) is 16.5. The Morgan fingerprint density at radius 1 is 0.290 bits per heavy atom. The Labute approximate surface area is 356 Å². The summed E-state index contributed by atoms with van der Waals surface area (Å²) >= 11 is 0. The van der Waals surface area contributed by atoms with Crippen LogP contribution < -0.4 is 0 Å². The molecule has 3 aromatic heterocycles. The maximum absolute atomic E-state index is 5.37. The molecule has 0 saturated carbocycles. The molecule has 3 heterocycles. The average Bonchev–Trinajstić information content (AvgIpc) is 3.97. The average molecular weight is 787 g/mol. The highest BCUT2D eigenvalue weighted by molar-refractivity contribution is 6.19. The summed E-state index contributed by atoms with van der Waals surface area (Å²) in [6.45, 7) is 0. The molecule has 62 heavy (non-hydrogen) atoms. The minimum Gasteiger partial charge on any atom is -0.309 e. The van der Waals surface area contributed by atoms with E-state index in [9.17, 15) is 0 Å². The van der Waals surface area contributed by atoms with E-state index in [1.54, 1.807) is 0 Å². The van der Waals surface area contributed by atoms with Crippen LogP contribution in [0.3, 0.4) is 0 Å². The Hall–Kier alpha value is -8.34. The van der Waals surface area contributed by atoms with E-state index in [0.717, 1.165) is 44.9 Å². The second-order valence-corrected chi connectivity index (χ2v) is 16.5. The summed E-state index contributed by atoms with van der Waals surface area (Å²) < 4.78 is 4.81. The molecule has 10 aromatic carbocycles. The van der Waals surface area contributed by atoms with Crippen molar-refractivity contribution in [3.8, 4) is 56.1 Å². The predicted octanol–water partition coefficient (Wildman–Crippen LogP) is 15.1. The van der Waals surface area contributed by atoms with Gasteiger partial charge in [0.15, 0.2) is 0 Å². The van der Waals surface area contributed by atoms with Gasteiger partial charge in [0, 0.05) is 44.0 Å². The SMILES string of the molecule is c1ccc2c(c1)-c1cccc3c(-c4nc5ccccc5nc4-c4ccc(-n5c6ccccc6c6cc7ccc(-n8c9ccccc9c9ccccc98)cc7cc65)cc4)ccc-2c13. The van der Waals surface area contributed by atoms with Crippen molar-refractivity contribution in [2.24, 2.45) is 0 Å². The number of aromatic nitrogens is 4. The molecular weight excluding hydrogens is 753 g/mol. The van der Waals surface area contributed by atoms with Crippen molar-refractivity contribution in [1.82, 2.24) is 19.1 Å². The molecule has 14 rings (SSSR count). The van der Waals surface area contributed by atoms with Crippen molar-refractivity contribution in [2.45, 2.75) is 0 Å². The van der Waals surface area contributed by atoms with Gasteiger partial charge in [0.05, 0.1) is 44.5 Å². The normalized spacial score (nSPS) is 12.2. The van der Waals surface area contributed by atoms with Crippen LogP contribution in [0, 0.1) is 0 Å². The molecule has 286 valence electrons. The summed E-state index contributed by atoms with van der Waals surface area (Å²) in [6.07, 6.45) is 0. The van der Waals surface area contributed by atoms with Crippen LogP contribution in [0.1, 0.15) is 0 Å². The number of nitrogens with zero attached hydrogens (tertiary/aromatic N) is 4. The summed E-state index contributed by atoms with van der Waals surface area (Å²) in [5.74, 6) is 0. The van der Waals surface area contributed by atoms with Crippen LogP contribution in [0.15, 0.2) is 206 Å². The Morgan fingerprint density at radius 3 is 1.50 bits per heavy atom. The summed E-state index contributed by atoms with van der Waals surface area (Å²) in [4.78, 5) is 10.7. The first-order valence-corrected chi connectivity index (χ1v) is 21.2. The number of rotatable bonds is 4. The lowest BCUT2D eigenvalue weighted by molar-refractivity contribution is 1.18. The van der Waals surface area contributed by atoms with Crippen LogP contribution in [0.25, 0.3) is 132 Å². The Kier molecular flexibility index (Phi) is 6.80. The van der Waals surface area contributed by atoms with Crippen molar-refractivity contribution in [3.63, 3.8) is 0 Å². The number of benzene rings is 10. The van der Waals surface area contributed by atoms with Crippen molar-refractivity contribution in [3.05, 3.63) is 206 Å². The molecule has 0 atom stereocenters. The van der Waals surface area contributed by atoms with E-state index in [4.69, 9.17) is 9.97 Å². The van der Waals surface area contributed by atoms with Gasteiger partial charge in [-0.1, -0.05) is 140 Å². The quantitative estimate of drug-likeness (QED) is 0.178. The van der Waals surface area contributed by atoms with Gasteiger partial charge in [-0.05, 0) is 111 Å². The van der Waals surface area contributed by atoms with Gasteiger partial charge in [-0.15, -0.1) is 0 Å². The monoisotopic (exact) mass is 786 g/mol. The van der Waals surface area contributed by atoms with Crippen LogP contribution in [0.5, 0.6) is 0 Å². The summed E-state index contributed by atoms with van der Waals surface area (Å²) in [7, 11) is 0. The third kappa shape index (κ3) is 4.66. The molecule has 0 fully saturated rings. The Bertz CT molecular complexity index is 3950. The summed E-state index contributed by atoms with van der Waals surface area (Å²) in [6, 6.07) is 74.8. The first-order chi connectivity index (χ1) is 30.7. The topological polar surface area (TPSA) is 35.6 Å². The van der Waals surface area contributed by atoms with Crippen molar-refractivity contribution >= 4 is 76.2 Å². The Balaban J connectivity index is 0.939. The third-order valence-electron chi connectivity index (χ3n) is 13.2. The van der Waals surface area contributed by atoms with Crippen LogP contribution in [-0.2, 0) is 0 Å². The molecule has 0 radical (unpaired) electrons. The molecule has 13 aromatic rings. The van der Waals surface area contributed by atoms with Crippen LogP contribution in [-0.4, -0.2) is 19.1 Å². The molecule has 4 nitrogen and oxygen atoms in total. The van der Waals surface area contributed by atoms with Crippen LogP contribution >= 0.6 is 0 Å². The minimum absolute atomic E-state index is 0.872. The van der Waals surface area contributed by atoms with Gasteiger partial charge in [0.25, 0.3) is 0 Å². The first kappa shape index (κ1) is 33.5. The summed E-state index contributed by atoms with van der Waals surface area (Å²) in [5.41, 5.74) is 17.8. The molecule has 0 bridgehead atoms. The van der Waals surface area contributed by atoms with Crippen molar-refractivity contribution < 1.29 is 0 Å². The minimum atomic E-state index is 0.872. The van der Waals surface area contributed by atoms with E-state index in [1.165, 1.54) is 87.4 Å². The van der Waals surface area contributed by atoms with Gasteiger partial charge in [0.2, 0.25) is 0 Å². The molecule has 4 heteroatoms. The zero-order valence-corrected chi connectivity index (χ0v) is 33.4. The van der Waals surface area contributed by atoms with E-state index in [-0.39, 0.29) is 0 Å². The molecule has 0 N–H and O–H groups in total. The number of para-hydroxylation sites is 5. The fourth-order valence-corrected chi connectivity index (χ4v) is 10.5. The molecule has 0 spiro atoms. The van der Waals surface area contributed by atoms with Gasteiger partial charge in [-0.3, -0.25) is 0 Å². The fourth-order valence-electron chi connectivity index (χ4n) is 10.5. The van der Waals surface area contributed by atoms with Gasteiger partial charge >= 0.3 is 0 Å². The van der Waals surface area contributed by atoms with E-state index in [0.29, 0.717) is 0 Å². The molecular formula is C58H34N4. The van der Waals surface area contributed by atoms with Gasteiger partial charge < -0.3 is 9.13 Å². The number of hydrogen-bond donors (Lipinski definition) is 0. The van der Waals surface area contributed by atoms with E-state index in [2.05, 4.69) is 203 Å². The van der Waals surface area contributed by atoms with Crippen LogP contribution in [0.4, 0.5) is 0 Å². The van der Waals surface area contributed by atoms with Crippen LogP contribution in [0.2, 0.25) is 0 Å². The lowest BCUT2D eigenvalue weighted by atomic mass is 9.94. The smallest absolute Gasteiger partial charge is 0.0979 e. The largest absolute Gasteiger partial charge is 0.309 e. The maximum Gasteiger partial charge on any atom is 0.0979 e. The molecule has 0 unspecified atom stereocenters. The van der Waals surface area contributed by atoms with Gasteiger partial charge in [0.1, 0.15) is 0 Å². The summed E-state index contributed by atoms with van der Waals surface area (Å²) in [5, 5.41) is 9.88. The Morgan fingerprint density at radius 2 is 0.806 bits per heavy atom. The predicted molar refractivity (Wildman–Crippen MR) is 259 cm³/mol. The zero-order chi connectivity index (χ0) is 40.5. The lowest BCUT2D eigenvalue weighted by Crippen LogP contribution is -1.98. The first-order valence-electron chi connectivity index (χ1n) is 21.2. The number of hydrogen-bond acceptors (Lipinski definition) is 2. The van der Waals surface area contributed by atoms with E-state index < -0.39 is 0 Å². The molecule has 1 aliphatic carbocycles. The third-order valence-corrected chi connectivity index (χ3v) is 13.2. The fraction of sp³-hybridized carbons (Fsp3) is 0. The lowest BCUT2D eigenvalue weighted by Gasteiger charge is -2.15. The highest BCUT2D eigenvalue weighted by Gasteiger charge is 2.24. The van der Waals surface area contributed by atoms with Gasteiger partial charge in [-0.2, -0.15) is 0 Å². The van der Waals surface area contributed by atoms with Gasteiger partial charge in [-0.25, -0.2) is 9.97 Å². The maximum atomic E-state index is 5.37. The van der Waals surface area contributed by atoms with Crippen molar-refractivity contribution in [1.29, 1.82) is 0 Å².